The lowest BCUT2D eigenvalue weighted by atomic mass is 10.3. The molecule has 0 saturated heterocycles. The summed E-state index contributed by atoms with van der Waals surface area (Å²) in [5, 5.41) is 13.4. The summed E-state index contributed by atoms with van der Waals surface area (Å²) in [6, 6.07) is 2.38. The standard InChI is InChI=1S/C10H12N6S/c1-6-4-7(11)5-12-9(6)17-10-13-14-15-16(10)8-2-3-8/h4-5,8H,2-3,11H2,1H3. The average molecular weight is 248 g/mol. The molecule has 0 aliphatic heterocycles. The van der Waals surface area contributed by atoms with Crippen LogP contribution in [0.2, 0.25) is 0 Å². The molecule has 88 valence electrons. The van der Waals surface area contributed by atoms with Gasteiger partial charge >= 0.3 is 0 Å². The number of aryl methyl sites for hydroxylation is 1. The Hall–Kier alpha value is -1.63. The maximum atomic E-state index is 5.67. The van der Waals surface area contributed by atoms with Gasteiger partial charge in [-0.1, -0.05) is 0 Å². The molecule has 1 saturated carbocycles. The molecule has 1 fully saturated rings. The summed E-state index contributed by atoms with van der Waals surface area (Å²) in [5.74, 6) is 0. The van der Waals surface area contributed by atoms with E-state index in [2.05, 4.69) is 20.5 Å². The maximum Gasteiger partial charge on any atom is 0.215 e. The Morgan fingerprint density at radius 2 is 2.29 bits per heavy atom. The molecule has 0 spiro atoms. The van der Waals surface area contributed by atoms with Gasteiger partial charge in [-0.25, -0.2) is 9.67 Å². The largest absolute Gasteiger partial charge is 0.397 e. The Bertz CT molecular complexity index is 547. The minimum atomic E-state index is 0.474. The molecule has 1 aliphatic rings. The summed E-state index contributed by atoms with van der Waals surface area (Å²) in [6.07, 6.45) is 3.97. The van der Waals surface area contributed by atoms with E-state index in [0.717, 1.165) is 28.6 Å². The van der Waals surface area contributed by atoms with E-state index in [4.69, 9.17) is 5.73 Å². The van der Waals surface area contributed by atoms with Gasteiger partial charge in [0, 0.05) is 0 Å². The minimum Gasteiger partial charge on any atom is -0.397 e. The number of nitrogens with two attached hydrogens (primary N) is 1. The average Bonchev–Trinajstić information content (AvgIpc) is 3.03. The maximum absolute atomic E-state index is 5.67. The van der Waals surface area contributed by atoms with Crippen molar-refractivity contribution in [2.75, 3.05) is 5.73 Å². The fraction of sp³-hybridized carbons (Fsp3) is 0.400. The van der Waals surface area contributed by atoms with E-state index in [9.17, 15) is 0 Å². The lowest BCUT2D eigenvalue weighted by molar-refractivity contribution is 0.565. The molecular weight excluding hydrogens is 236 g/mol. The molecule has 0 unspecified atom stereocenters. The monoisotopic (exact) mass is 248 g/mol. The van der Waals surface area contributed by atoms with Gasteiger partial charge in [-0.3, -0.25) is 0 Å². The molecule has 2 aromatic heterocycles. The Labute approximate surface area is 103 Å². The second kappa shape index (κ2) is 3.99. The van der Waals surface area contributed by atoms with Gasteiger partial charge < -0.3 is 5.73 Å². The number of rotatable bonds is 3. The van der Waals surface area contributed by atoms with Gasteiger partial charge in [0.1, 0.15) is 5.03 Å². The highest BCUT2D eigenvalue weighted by Gasteiger charge is 2.28. The van der Waals surface area contributed by atoms with Crippen LogP contribution in [0.15, 0.2) is 22.4 Å². The third-order valence-corrected chi connectivity index (χ3v) is 3.67. The lowest BCUT2D eigenvalue weighted by Crippen LogP contribution is -1.99. The van der Waals surface area contributed by atoms with Gasteiger partial charge in [-0.05, 0) is 53.6 Å². The zero-order chi connectivity index (χ0) is 11.8. The van der Waals surface area contributed by atoms with Crippen molar-refractivity contribution in [1.29, 1.82) is 0 Å². The first-order valence-electron chi connectivity index (χ1n) is 5.42. The van der Waals surface area contributed by atoms with Crippen LogP contribution in [0.4, 0.5) is 5.69 Å². The molecule has 2 heterocycles. The lowest BCUT2D eigenvalue weighted by Gasteiger charge is -2.04. The fourth-order valence-electron chi connectivity index (χ4n) is 1.58. The summed E-state index contributed by atoms with van der Waals surface area (Å²) in [4.78, 5) is 4.30. The topological polar surface area (TPSA) is 82.5 Å². The molecule has 0 radical (unpaired) electrons. The molecule has 0 atom stereocenters. The molecule has 0 bridgehead atoms. The van der Waals surface area contributed by atoms with Crippen molar-refractivity contribution >= 4 is 17.4 Å². The van der Waals surface area contributed by atoms with Crippen molar-refractivity contribution in [3.8, 4) is 0 Å². The molecule has 2 N–H and O–H groups in total. The summed E-state index contributed by atoms with van der Waals surface area (Å²) in [5.41, 5.74) is 7.39. The number of hydrogen-bond acceptors (Lipinski definition) is 6. The van der Waals surface area contributed by atoms with Crippen LogP contribution in [0, 0.1) is 6.92 Å². The van der Waals surface area contributed by atoms with Crippen LogP contribution in [0.3, 0.4) is 0 Å². The number of anilines is 1. The predicted octanol–water partition coefficient (Wildman–Crippen LogP) is 1.44. The van der Waals surface area contributed by atoms with Crippen LogP contribution in [0.25, 0.3) is 0 Å². The number of hydrogen-bond donors (Lipinski definition) is 1. The molecule has 3 rings (SSSR count). The number of pyridine rings is 1. The molecule has 0 aromatic carbocycles. The van der Waals surface area contributed by atoms with Crippen molar-refractivity contribution < 1.29 is 0 Å². The number of aromatic nitrogens is 5. The molecule has 7 heteroatoms. The first-order chi connectivity index (χ1) is 8.24. The molecule has 2 aromatic rings. The predicted molar refractivity (Wildman–Crippen MR) is 63.6 cm³/mol. The summed E-state index contributed by atoms with van der Waals surface area (Å²) >= 11 is 1.48. The van der Waals surface area contributed by atoms with Crippen molar-refractivity contribution in [2.24, 2.45) is 0 Å². The first-order valence-corrected chi connectivity index (χ1v) is 6.23. The van der Waals surface area contributed by atoms with Crippen LogP contribution < -0.4 is 5.73 Å². The van der Waals surface area contributed by atoms with E-state index in [1.54, 1.807) is 6.20 Å². The molecular formula is C10H12N6S. The highest BCUT2D eigenvalue weighted by Crippen LogP contribution is 2.38. The number of nitrogen functional groups attached to an aromatic ring is 1. The van der Waals surface area contributed by atoms with E-state index >= 15 is 0 Å². The summed E-state index contributed by atoms with van der Waals surface area (Å²) < 4.78 is 1.88. The van der Waals surface area contributed by atoms with Gasteiger partial charge in [0.25, 0.3) is 0 Å². The normalized spacial score (nSPS) is 15.1. The third kappa shape index (κ3) is 2.10. The SMILES string of the molecule is Cc1cc(N)cnc1Sc1nnnn1C1CC1. The Morgan fingerprint density at radius 1 is 1.47 bits per heavy atom. The van der Waals surface area contributed by atoms with Gasteiger partial charge in [0.05, 0.1) is 17.9 Å². The Kier molecular flexibility index (Phi) is 2.47. The van der Waals surface area contributed by atoms with Gasteiger partial charge in [-0.2, -0.15) is 0 Å². The smallest absolute Gasteiger partial charge is 0.215 e. The zero-order valence-electron chi connectivity index (χ0n) is 9.37. The van der Waals surface area contributed by atoms with Crippen molar-refractivity contribution in [3.63, 3.8) is 0 Å². The second-order valence-electron chi connectivity index (χ2n) is 4.13. The van der Waals surface area contributed by atoms with Crippen molar-refractivity contribution in [3.05, 3.63) is 17.8 Å². The quantitative estimate of drug-likeness (QED) is 0.885. The Morgan fingerprint density at radius 3 is 3.00 bits per heavy atom. The molecule has 6 nitrogen and oxygen atoms in total. The van der Waals surface area contributed by atoms with Crippen LogP contribution >= 0.6 is 11.8 Å². The van der Waals surface area contributed by atoms with Crippen LogP contribution in [0.1, 0.15) is 24.4 Å². The fourth-order valence-corrected chi connectivity index (χ4v) is 2.43. The second-order valence-corrected chi connectivity index (χ2v) is 5.09. The van der Waals surface area contributed by atoms with E-state index in [1.165, 1.54) is 11.8 Å². The van der Waals surface area contributed by atoms with Crippen molar-refractivity contribution in [1.82, 2.24) is 25.2 Å². The summed E-state index contributed by atoms with van der Waals surface area (Å²) in [7, 11) is 0. The molecule has 1 aliphatic carbocycles. The van der Waals surface area contributed by atoms with Crippen LogP contribution in [-0.4, -0.2) is 25.2 Å². The minimum absolute atomic E-state index is 0.474. The van der Waals surface area contributed by atoms with E-state index < -0.39 is 0 Å². The van der Waals surface area contributed by atoms with Gasteiger partial charge in [-0.15, -0.1) is 5.10 Å². The van der Waals surface area contributed by atoms with Crippen LogP contribution in [0.5, 0.6) is 0 Å². The molecule has 0 amide bonds. The molecule has 17 heavy (non-hydrogen) atoms. The van der Waals surface area contributed by atoms with E-state index in [0.29, 0.717) is 11.7 Å². The van der Waals surface area contributed by atoms with E-state index in [1.807, 2.05) is 17.7 Å². The van der Waals surface area contributed by atoms with Crippen LogP contribution in [-0.2, 0) is 0 Å². The van der Waals surface area contributed by atoms with Crippen molar-refractivity contribution in [2.45, 2.75) is 36.0 Å². The third-order valence-electron chi connectivity index (χ3n) is 2.59. The first kappa shape index (κ1) is 10.5. The summed E-state index contributed by atoms with van der Waals surface area (Å²) in [6.45, 7) is 1.98. The van der Waals surface area contributed by atoms with E-state index in [-0.39, 0.29) is 0 Å². The number of tetrazole rings is 1. The highest BCUT2D eigenvalue weighted by atomic mass is 32.2. The Balaban J connectivity index is 1.88. The van der Waals surface area contributed by atoms with Gasteiger partial charge in [0.2, 0.25) is 5.16 Å². The number of nitrogens with zero attached hydrogens (tertiary/aromatic N) is 5. The van der Waals surface area contributed by atoms with Gasteiger partial charge in [0.15, 0.2) is 0 Å². The zero-order valence-corrected chi connectivity index (χ0v) is 10.2. The highest BCUT2D eigenvalue weighted by molar-refractivity contribution is 7.99.